The second kappa shape index (κ2) is 16.2. The Hall–Kier alpha value is -1.50. The van der Waals surface area contributed by atoms with Gasteiger partial charge >= 0.3 is 0 Å². The van der Waals surface area contributed by atoms with Gasteiger partial charge in [-0.3, -0.25) is 14.1 Å². The number of rotatable bonds is 0. The van der Waals surface area contributed by atoms with E-state index in [1.54, 1.807) is 0 Å². The molecule has 0 aliphatic carbocycles. The normalized spacial score (nSPS) is 8.70. The number of benzene rings is 3. The van der Waals surface area contributed by atoms with E-state index >= 15 is 0 Å². The molecule has 168 valence electrons. The maximum atomic E-state index is 4.25. The van der Waals surface area contributed by atoms with E-state index in [0.717, 1.165) is 14.7 Å². The van der Waals surface area contributed by atoms with Gasteiger partial charge in [0, 0.05) is 14.7 Å². The lowest BCUT2D eigenvalue weighted by Crippen LogP contribution is -1.76. The SMILES string of the molecule is Cc1ccc(S)c(C)c1.Cc1ccc(S)c(C)c1.Cc1ccc(S)c(C)c1.F.F.F. The van der Waals surface area contributed by atoms with Gasteiger partial charge in [0.1, 0.15) is 0 Å². The predicted molar refractivity (Wildman–Crippen MR) is 137 cm³/mol. The highest BCUT2D eigenvalue weighted by Gasteiger charge is 1.91. The fourth-order valence-corrected chi connectivity index (χ4v) is 2.83. The monoisotopic (exact) mass is 474 g/mol. The Balaban J connectivity index is -0.000000347. The number of aryl methyl sites for hydroxylation is 6. The van der Waals surface area contributed by atoms with E-state index in [1.807, 2.05) is 18.2 Å². The van der Waals surface area contributed by atoms with Crippen LogP contribution in [0.5, 0.6) is 0 Å². The Morgan fingerprint density at radius 2 is 0.600 bits per heavy atom. The largest absolute Gasteiger partial charge is 0.269 e. The first-order chi connectivity index (χ1) is 12.6. The summed E-state index contributed by atoms with van der Waals surface area (Å²) in [6.45, 7) is 12.4. The van der Waals surface area contributed by atoms with Gasteiger partial charge in [-0.15, -0.1) is 37.9 Å². The number of hydrogen-bond acceptors (Lipinski definition) is 3. The summed E-state index contributed by atoms with van der Waals surface area (Å²) < 4.78 is 0. The van der Waals surface area contributed by atoms with Crippen LogP contribution < -0.4 is 0 Å². The van der Waals surface area contributed by atoms with Crippen LogP contribution in [0.4, 0.5) is 14.1 Å². The molecule has 3 aromatic carbocycles. The fraction of sp³-hybridized carbons (Fsp3) is 0.250. The molecular formula is C24H33F3S3. The summed E-state index contributed by atoms with van der Waals surface area (Å²) in [6, 6.07) is 18.6. The maximum Gasteiger partial charge on any atom is 0.00694 e. The molecule has 0 unspecified atom stereocenters. The smallest absolute Gasteiger partial charge is 0.00694 e. The van der Waals surface area contributed by atoms with E-state index in [1.165, 1.54) is 33.4 Å². The molecule has 0 aliphatic heterocycles. The van der Waals surface area contributed by atoms with Gasteiger partial charge in [-0.1, -0.05) is 53.1 Å². The molecule has 6 heteroatoms. The first-order valence-corrected chi connectivity index (χ1v) is 10.2. The molecule has 30 heavy (non-hydrogen) atoms. The zero-order valence-electron chi connectivity index (χ0n) is 18.3. The van der Waals surface area contributed by atoms with Crippen molar-refractivity contribution in [2.24, 2.45) is 0 Å². The van der Waals surface area contributed by atoms with Crippen LogP contribution >= 0.6 is 37.9 Å². The lowest BCUT2D eigenvalue weighted by atomic mass is 10.2. The van der Waals surface area contributed by atoms with E-state index in [-0.39, 0.29) is 14.1 Å². The molecule has 0 aliphatic rings. The van der Waals surface area contributed by atoms with Gasteiger partial charge in [0.25, 0.3) is 0 Å². The van der Waals surface area contributed by atoms with Crippen molar-refractivity contribution in [3.8, 4) is 0 Å². The van der Waals surface area contributed by atoms with Gasteiger partial charge in [0.05, 0.1) is 0 Å². The molecule has 0 aromatic heterocycles. The van der Waals surface area contributed by atoms with Crippen molar-refractivity contribution >= 4 is 37.9 Å². The van der Waals surface area contributed by atoms with Gasteiger partial charge in [-0.2, -0.15) is 0 Å². The molecule has 0 atom stereocenters. The summed E-state index contributed by atoms with van der Waals surface area (Å²) in [7, 11) is 0. The van der Waals surface area contributed by atoms with E-state index in [9.17, 15) is 0 Å². The minimum Gasteiger partial charge on any atom is -0.269 e. The fourth-order valence-electron chi connectivity index (χ4n) is 2.42. The van der Waals surface area contributed by atoms with Crippen molar-refractivity contribution in [1.82, 2.24) is 0 Å². The Bertz CT molecular complexity index is 779. The molecule has 0 radical (unpaired) electrons. The number of hydrogen-bond donors (Lipinski definition) is 3. The van der Waals surface area contributed by atoms with Gasteiger partial charge < -0.3 is 0 Å². The molecule has 0 saturated carbocycles. The molecule has 0 N–H and O–H groups in total. The van der Waals surface area contributed by atoms with Crippen LogP contribution in [-0.4, -0.2) is 0 Å². The summed E-state index contributed by atoms with van der Waals surface area (Å²) in [5.74, 6) is 0. The second-order valence-electron chi connectivity index (χ2n) is 6.87. The van der Waals surface area contributed by atoms with Crippen molar-refractivity contribution in [2.45, 2.75) is 56.2 Å². The highest BCUT2D eigenvalue weighted by atomic mass is 32.1. The Kier molecular flexibility index (Phi) is 17.9. The van der Waals surface area contributed by atoms with Gasteiger partial charge in [0.15, 0.2) is 0 Å². The molecule has 0 saturated heterocycles. The minimum absolute atomic E-state index is 0. The van der Waals surface area contributed by atoms with Gasteiger partial charge in [0.2, 0.25) is 0 Å². The summed E-state index contributed by atoms with van der Waals surface area (Å²) in [5, 5.41) is 0. The minimum atomic E-state index is 0. The average molecular weight is 475 g/mol. The molecule has 0 nitrogen and oxygen atoms in total. The van der Waals surface area contributed by atoms with Crippen LogP contribution in [0, 0.1) is 41.5 Å². The van der Waals surface area contributed by atoms with E-state index in [0.29, 0.717) is 0 Å². The molecule has 3 rings (SSSR count). The van der Waals surface area contributed by atoms with Crippen molar-refractivity contribution in [2.75, 3.05) is 0 Å². The first-order valence-electron chi connectivity index (χ1n) is 8.88. The summed E-state index contributed by atoms with van der Waals surface area (Å²) in [6.07, 6.45) is 0. The van der Waals surface area contributed by atoms with Gasteiger partial charge in [-0.25, -0.2) is 0 Å². The van der Waals surface area contributed by atoms with Crippen LogP contribution in [0.3, 0.4) is 0 Å². The van der Waals surface area contributed by atoms with E-state index < -0.39 is 0 Å². The summed E-state index contributed by atoms with van der Waals surface area (Å²) >= 11 is 12.7. The Labute approximate surface area is 195 Å². The molecular weight excluding hydrogens is 441 g/mol. The Morgan fingerprint density at radius 1 is 0.400 bits per heavy atom. The van der Waals surface area contributed by atoms with Crippen molar-refractivity contribution in [3.63, 3.8) is 0 Å². The van der Waals surface area contributed by atoms with Crippen LogP contribution in [-0.2, 0) is 0 Å². The standard InChI is InChI=1S/3C8H10S.3FH/c3*1-6-3-4-8(9)7(2)5-6;;;/h3*3-5,9H,1-2H3;3*1H. The summed E-state index contributed by atoms with van der Waals surface area (Å²) in [5.41, 5.74) is 7.64. The molecule has 0 fully saturated rings. The van der Waals surface area contributed by atoms with E-state index in [4.69, 9.17) is 0 Å². The van der Waals surface area contributed by atoms with Crippen molar-refractivity contribution < 1.29 is 14.1 Å². The number of thiol groups is 3. The van der Waals surface area contributed by atoms with E-state index in [2.05, 4.69) is 116 Å². The highest BCUT2D eigenvalue weighted by molar-refractivity contribution is 7.80. The van der Waals surface area contributed by atoms with Crippen molar-refractivity contribution in [3.05, 3.63) is 88.0 Å². The quantitative estimate of drug-likeness (QED) is 0.269. The van der Waals surface area contributed by atoms with Crippen LogP contribution in [0.1, 0.15) is 33.4 Å². The molecule has 3 aromatic rings. The topological polar surface area (TPSA) is 0 Å². The third kappa shape index (κ3) is 12.3. The van der Waals surface area contributed by atoms with Crippen LogP contribution in [0.2, 0.25) is 0 Å². The maximum absolute atomic E-state index is 4.25. The predicted octanol–water partition coefficient (Wildman–Crippen LogP) is 8.23. The second-order valence-corrected chi connectivity index (χ2v) is 8.32. The lowest BCUT2D eigenvalue weighted by molar-refractivity contribution is 1.11. The molecule has 0 spiro atoms. The van der Waals surface area contributed by atoms with Crippen molar-refractivity contribution in [1.29, 1.82) is 0 Å². The zero-order chi connectivity index (χ0) is 20.6. The van der Waals surface area contributed by atoms with Crippen LogP contribution in [0.15, 0.2) is 69.3 Å². The number of halogens is 3. The van der Waals surface area contributed by atoms with Gasteiger partial charge in [-0.05, 0) is 76.4 Å². The molecule has 0 amide bonds. The first kappa shape index (κ1) is 33.1. The summed E-state index contributed by atoms with van der Waals surface area (Å²) in [4.78, 5) is 3.21. The third-order valence-electron chi connectivity index (χ3n) is 4.06. The average Bonchev–Trinajstić information content (AvgIpc) is 2.60. The van der Waals surface area contributed by atoms with Crippen LogP contribution in [0.25, 0.3) is 0 Å². The Morgan fingerprint density at radius 3 is 0.733 bits per heavy atom. The molecule has 0 heterocycles. The highest BCUT2D eigenvalue weighted by Crippen LogP contribution is 2.14. The zero-order valence-corrected chi connectivity index (χ0v) is 20.9. The lowest BCUT2D eigenvalue weighted by Gasteiger charge is -1.97. The third-order valence-corrected chi connectivity index (χ3v) is 5.56. The molecule has 0 bridgehead atoms.